The summed E-state index contributed by atoms with van der Waals surface area (Å²) in [4.78, 5) is 12.7. The number of piperidine rings is 1. The van der Waals surface area contributed by atoms with Gasteiger partial charge in [-0.05, 0) is 55.8 Å². The minimum absolute atomic E-state index is 0.118. The van der Waals surface area contributed by atoms with Crippen molar-refractivity contribution in [1.29, 1.82) is 5.26 Å². The highest BCUT2D eigenvalue weighted by atomic mass is 35.5. The van der Waals surface area contributed by atoms with Crippen molar-refractivity contribution in [2.75, 3.05) is 13.1 Å². The van der Waals surface area contributed by atoms with Crippen LogP contribution in [0.25, 0.3) is 11.3 Å². The van der Waals surface area contributed by atoms with Crippen LogP contribution in [0.15, 0.2) is 41.2 Å². The van der Waals surface area contributed by atoms with Crippen LogP contribution < -0.4 is 10.9 Å². The van der Waals surface area contributed by atoms with E-state index in [1.807, 2.05) is 36.4 Å². The molecule has 0 aliphatic carbocycles. The van der Waals surface area contributed by atoms with Gasteiger partial charge in [0.15, 0.2) is 0 Å². The van der Waals surface area contributed by atoms with Gasteiger partial charge in [0.25, 0.3) is 5.56 Å². The molecule has 2 aromatic rings. The van der Waals surface area contributed by atoms with Gasteiger partial charge in [0.1, 0.15) is 11.6 Å². The summed E-state index contributed by atoms with van der Waals surface area (Å²) in [5.74, 6) is 0. The van der Waals surface area contributed by atoms with E-state index in [4.69, 9.17) is 16.9 Å². The summed E-state index contributed by atoms with van der Waals surface area (Å²) in [6.07, 6.45) is 1.77. The molecule has 4 nitrogen and oxygen atoms in total. The van der Waals surface area contributed by atoms with Crippen LogP contribution in [0.1, 0.15) is 24.4 Å². The van der Waals surface area contributed by atoms with Crippen molar-refractivity contribution in [2.45, 2.75) is 18.9 Å². The molecule has 1 saturated heterocycles. The van der Waals surface area contributed by atoms with Gasteiger partial charge >= 0.3 is 0 Å². The molecule has 0 spiro atoms. The predicted molar refractivity (Wildman–Crippen MR) is 87.0 cm³/mol. The van der Waals surface area contributed by atoms with Crippen molar-refractivity contribution >= 4 is 11.6 Å². The monoisotopic (exact) mass is 313 g/mol. The molecule has 1 aliphatic heterocycles. The lowest BCUT2D eigenvalue weighted by Gasteiger charge is -2.27. The van der Waals surface area contributed by atoms with Crippen molar-refractivity contribution in [3.05, 3.63) is 57.3 Å². The highest BCUT2D eigenvalue weighted by Crippen LogP contribution is 2.26. The first-order valence-electron chi connectivity index (χ1n) is 7.33. The van der Waals surface area contributed by atoms with Crippen LogP contribution in [0.2, 0.25) is 5.02 Å². The minimum Gasteiger partial charge on any atom is -0.317 e. The van der Waals surface area contributed by atoms with Gasteiger partial charge in [-0.25, -0.2) is 0 Å². The molecule has 112 valence electrons. The van der Waals surface area contributed by atoms with Gasteiger partial charge in [0, 0.05) is 11.1 Å². The number of benzene rings is 1. The predicted octanol–water partition coefficient (Wildman–Crippen LogP) is 2.96. The molecule has 1 aromatic heterocycles. The molecular weight excluding hydrogens is 298 g/mol. The number of hydrogen-bond acceptors (Lipinski definition) is 3. The van der Waals surface area contributed by atoms with Gasteiger partial charge in [-0.1, -0.05) is 23.7 Å². The lowest BCUT2D eigenvalue weighted by Crippen LogP contribution is -2.35. The maximum Gasteiger partial charge on any atom is 0.269 e. The first-order chi connectivity index (χ1) is 10.7. The summed E-state index contributed by atoms with van der Waals surface area (Å²) in [5.41, 5.74) is 1.76. The Labute approximate surface area is 134 Å². The number of aromatic nitrogens is 1. The molecule has 1 fully saturated rings. The van der Waals surface area contributed by atoms with Gasteiger partial charge in [-0.2, -0.15) is 5.26 Å². The molecule has 1 N–H and O–H groups in total. The lowest BCUT2D eigenvalue weighted by atomic mass is 10.0. The van der Waals surface area contributed by atoms with Crippen LogP contribution in [0.4, 0.5) is 0 Å². The van der Waals surface area contributed by atoms with E-state index in [2.05, 4.69) is 5.32 Å². The largest absolute Gasteiger partial charge is 0.317 e. The second kappa shape index (κ2) is 6.35. The Balaban J connectivity index is 2.17. The molecule has 0 radical (unpaired) electrons. The number of nitriles is 1. The number of hydrogen-bond donors (Lipinski definition) is 1. The fraction of sp³-hybridized carbons (Fsp3) is 0.294. The van der Waals surface area contributed by atoms with Crippen LogP contribution in [0, 0.1) is 11.3 Å². The first kappa shape index (κ1) is 14.8. The molecule has 5 heteroatoms. The fourth-order valence-corrected chi connectivity index (χ4v) is 3.05. The van der Waals surface area contributed by atoms with E-state index in [-0.39, 0.29) is 17.2 Å². The van der Waals surface area contributed by atoms with Crippen LogP contribution in [0.3, 0.4) is 0 Å². The van der Waals surface area contributed by atoms with Crippen molar-refractivity contribution in [3.8, 4) is 17.3 Å². The third-order valence-electron chi connectivity index (χ3n) is 4.05. The summed E-state index contributed by atoms with van der Waals surface area (Å²) in [6, 6.07) is 13.0. The summed E-state index contributed by atoms with van der Waals surface area (Å²) in [7, 11) is 0. The summed E-state index contributed by atoms with van der Waals surface area (Å²) in [5, 5.41) is 13.1. The van der Waals surface area contributed by atoms with Crippen molar-refractivity contribution in [2.24, 2.45) is 0 Å². The quantitative estimate of drug-likeness (QED) is 0.927. The van der Waals surface area contributed by atoms with E-state index < -0.39 is 0 Å². The molecule has 0 atom stereocenters. The van der Waals surface area contributed by atoms with Crippen molar-refractivity contribution in [3.63, 3.8) is 0 Å². The van der Waals surface area contributed by atoms with E-state index in [0.717, 1.165) is 37.2 Å². The van der Waals surface area contributed by atoms with Gasteiger partial charge < -0.3 is 9.88 Å². The zero-order valence-corrected chi connectivity index (χ0v) is 12.8. The molecule has 2 heterocycles. The number of halogens is 1. The standard InChI is InChI=1S/C17H16ClN3O/c18-14-4-1-12(2-5-14)16-6-3-13(11-19)17(22)21(16)15-7-9-20-10-8-15/h1-6,15,20H,7-10H2. The molecule has 0 saturated carbocycles. The Bertz CT molecular complexity index is 768. The third-order valence-corrected chi connectivity index (χ3v) is 4.30. The number of nitrogens with zero attached hydrogens (tertiary/aromatic N) is 2. The van der Waals surface area contributed by atoms with Gasteiger partial charge in [-0.3, -0.25) is 4.79 Å². The average Bonchev–Trinajstić information content (AvgIpc) is 2.56. The maximum absolute atomic E-state index is 12.7. The second-order valence-electron chi connectivity index (χ2n) is 5.41. The van der Waals surface area contributed by atoms with Crippen LogP contribution in [-0.2, 0) is 0 Å². The first-order valence-corrected chi connectivity index (χ1v) is 7.71. The molecule has 1 aromatic carbocycles. The molecule has 22 heavy (non-hydrogen) atoms. The molecule has 0 bridgehead atoms. The number of rotatable bonds is 2. The third kappa shape index (κ3) is 2.78. The summed E-state index contributed by atoms with van der Waals surface area (Å²) < 4.78 is 1.78. The van der Waals surface area contributed by atoms with E-state index >= 15 is 0 Å². The molecule has 3 rings (SSSR count). The Hall–Kier alpha value is -2.09. The van der Waals surface area contributed by atoms with E-state index in [1.54, 1.807) is 10.6 Å². The fourth-order valence-electron chi connectivity index (χ4n) is 2.92. The van der Waals surface area contributed by atoms with E-state index in [0.29, 0.717) is 5.02 Å². The second-order valence-corrected chi connectivity index (χ2v) is 5.84. The zero-order chi connectivity index (χ0) is 15.5. The highest BCUT2D eigenvalue weighted by Gasteiger charge is 2.21. The maximum atomic E-state index is 12.7. The minimum atomic E-state index is -0.207. The van der Waals surface area contributed by atoms with Gasteiger partial charge in [0.2, 0.25) is 0 Å². The van der Waals surface area contributed by atoms with Crippen LogP contribution in [0.5, 0.6) is 0 Å². The molecular formula is C17H16ClN3O. The van der Waals surface area contributed by atoms with Gasteiger partial charge in [0.05, 0.1) is 5.69 Å². The topological polar surface area (TPSA) is 57.8 Å². The smallest absolute Gasteiger partial charge is 0.269 e. The van der Waals surface area contributed by atoms with E-state index in [9.17, 15) is 4.79 Å². The molecule has 0 amide bonds. The lowest BCUT2D eigenvalue weighted by molar-refractivity contribution is 0.363. The SMILES string of the molecule is N#Cc1ccc(-c2ccc(Cl)cc2)n(C2CCNCC2)c1=O. The van der Waals surface area contributed by atoms with Crippen molar-refractivity contribution < 1.29 is 0 Å². The highest BCUT2D eigenvalue weighted by molar-refractivity contribution is 6.30. The van der Waals surface area contributed by atoms with Gasteiger partial charge in [-0.15, -0.1) is 0 Å². The van der Waals surface area contributed by atoms with Crippen LogP contribution in [-0.4, -0.2) is 17.7 Å². The zero-order valence-electron chi connectivity index (χ0n) is 12.1. The Morgan fingerprint density at radius 3 is 2.45 bits per heavy atom. The Morgan fingerprint density at radius 2 is 1.82 bits per heavy atom. The van der Waals surface area contributed by atoms with Crippen LogP contribution >= 0.6 is 11.6 Å². The number of nitrogens with one attached hydrogen (secondary N) is 1. The number of pyridine rings is 1. The summed E-state index contributed by atoms with van der Waals surface area (Å²) in [6.45, 7) is 1.77. The molecule has 1 aliphatic rings. The summed E-state index contributed by atoms with van der Waals surface area (Å²) >= 11 is 5.95. The average molecular weight is 314 g/mol. The van der Waals surface area contributed by atoms with E-state index in [1.165, 1.54) is 0 Å². The Morgan fingerprint density at radius 1 is 1.14 bits per heavy atom. The Kier molecular flexibility index (Phi) is 4.28. The molecule has 0 unspecified atom stereocenters. The van der Waals surface area contributed by atoms with Crippen molar-refractivity contribution in [1.82, 2.24) is 9.88 Å². The normalized spacial score (nSPS) is 15.5.